The quantitative estimate of drug-likeness (QED) is 0.846. The smallest absolute Gasteiger partial charge is 0.273 e. The van der Waals surface area contributed by atoms with Crippen LogP contribution < -0.4 is 0 Å². The predicted octanol–water partition coefficient (Wildman–Crippen LogP) is 1.49. The molecule has 0 aromatic carbocycles. The summed E-state index contributed by atoms with van der Waals surface area (Å²) in [5.41, 5.74) is 2.44. The Morgan fingerprint density at radius 2 is 1.95 bits per heavy atom. The number of carbonyl (C=O) groups is 1. The minimum Gasteiger partial charge on any atom is -0.343 e. The fraction of sp³-hybridized carbons (Fsp3) is 0.429. The van der Waals surface area contributed by atoms with E-state index >= 15 is 0 Å². The minimum absolute atomic E-state index is 0.158. The van der Waals surface area contributed by atoms with Crippen LogP contribution >= 0.6 is 0 Å². The van der Waals surface area contributed by atoms with Crippen LogP contribution in [0.2, 0.25) is 0 Å². The molecule has 0 aliphatic rings. The Morgan fingerprint density at radius 1 is 1.20 bits per heavy atom. The second-order valence-corrected chi connectivity index (χ2v) is 4.72. The standard InChI is InChI=1S/C14H19N5O/c1-5-10-9-11(6-2)19(17-10)13-8-7-12(15-16-13)14(20)18(3)4/h7-9H,5-6H2,1-4H3. The molecule has 2 heterocycles. The van der Waals surface area contributed by atoms with Gasteiger partial charge in [-0.3, -0.25) is 4.79 Å². The summed E-state index contributed by atoms with van der Waals surface area (Å²) in [6, 6.07) is 5.52. The van der Waals surface area contributed by atoms with Gasteiger partial charge in [-0.1, -0.05) is 13.8 Å². The van der Waals surface area contributed by atoms with E-state index in [2.05, 4.69) is 35.2 Å². The van der Waals surface area contributed by atoms with Gasteiger partial charge in [-0.25, -0.2) is 4.68 Å². The highest BCUT2D eigenvalue weighted by Gasteiger charge is 2.12. The fourth-order valence-corrected chi connectivity index (χ4v) is 1.88. The van der Waals surface area contributed by atoms with E-state index in [1.807, 2.05) is 0 Å². The second kappa shape index (κ2) is 5.81. The van der Waals surface area contributed by atoms with E-state index in [0.717, 1.165) is 24.2 Å². The molecule has 6 heteroatoms. The van der Waals surface area contributed by atoms with Crippen LogP contribution in [-0.2, 0) is 12.8 Å². The molecule has 1 amide bonds. The van der Waals surface area contributed by atoms with Crippen molar-refractivity contribution in [2.24, 2.45) is 0 Å². The van der Waals surface area contributed by atoms with Crippen molar-refractivity contribution >= 4 is 5.91 Å². The number of carbonyl (C=O) groups excluding carboxylic acids is 1. The first-order valence-corrected chi connectivity index (χ1v) is 6.70. The molecule has 2 aromatic heterocycles. The molecular weight excluding hydrogens is 254 g/mol. The summed E-state index contributed by atoms with van der Waals surface area (Å²) < 4.78 is 1.79. The summed E-state index contributed by atoms with van der Waals surface area (Å²) in [7, 11) is 3.38. The summed E-state index contributed by atoms with van der Waals surface area (Å²) >= 11 is 0. The lowest BCUT2D eigenvalue weighted by atomic mass is 10.2. The maximum absolute atomic E-state index is 11.8. The van der Waals surface area contributed by atoms with Gasteiger partial charge in [0.1, 0.15) is 0 Å². The normalized spacial score (nSPS) is 10.6. The molecule has 6 nitrogen and oxygen atoms in total. The average molecular weight is 273 g/mol. The van der Waals surface area contributed by atoms with Crippen LogP contribution in [0.4, 0.5) is 0 Å². The molecule has 106 valence electrons. The van der Waals surface area contributed by atoms with Gasteiger partial charge < -0.3 is 4.90 Å². The molecule has 0 saturated heterocycles. The van der Waals surface area contributed by atoms with E-state index in [4.69, 9.17) is 0 Å². The van der Waals surface area contributed by atoms with Crippen LogP contribution in [0.3, 0.4) is 0 Å². The first-order chi connectivity index (χ1) is 9.56. The number of nitrogens with zero attached hydrogens (tertiary/aromatic N) is 5. The average Bonchev–Trinajstić information content (AvgIpc) is 2.90. The maximum Gasteiger partial charge on any atom is 0.273 e. The summed E-state index contributed by atoms with van der Waals surface area (Å²) in [6.07, 6.45) is 1.75. The van der Waals surface area contributed by atoms with Crippen LogP contribution in [-0.4, -0.2) is 44.9 Å². The highest BCUT2D eigenvalue weighted by molar-refractivity contribution is 5.91. The van der Waals surface area contributed by atoms with Crippen LogP contribution in [0, 0.1) is 0 Å². The van der Waals surface area contributed by atoms with E-state index in [0.29, 0.717) is 11.5 Å². The van der Waals surface area contributed by atoms with Crippen LogP contribution in [0.15, 0.2) is 18.2 Å². The largest absolute Gasteiger partial charge is 0.343 e. The van der Waals surface area contributed by atoms with Gasteiger partial charge in [0.05, 0.1) is 5.69 Å². The highest BCUT2D eigenvalue weighted by atomic mass is 16.2. The maximum atomic E-state index is 11.8. The van der Waals surface area contributed by atoms with E-state index in [9.17, 15) is 4.79 Å². The third-order valence-corrected chi connectivity index (χ3v) is 3.05. The molecule has 2 rings (SSSR count). The lowest BCUT2D eigenvalue weighted by molar-refractivity contribution is 0.0821. The Balaban J connectivity index is 2.34. The van der Waals surface area contributed by atoms with E-state index in [1.165, 1.54) is 4.90 Å². The Morgan fingerprint density at radius 3 is 2.45 bits per heavy atom. The first kappa shape index (κ1) is 14.2. The van der Waals surface area contributed by atoms with Crippen molar-refractivity contribution in [2.75, 3.05) is 14.1 Å². The number of rotatable bonds is 4. The van der Waals surface area contributed by atoms with Crippen molar-refractivity contribution < 1.29 is 4.79 Å². The monoisotopic (exact) mass is 273 g/mol. The lowest BCUT2D eigenvalue weighted by Crippen LogP contribution is -2.23. The molecule has 0 aliphatic carbocycles. The summed E-state index contributed by atoms with van der Waals surface area (Å²) in [6.45, 7) is 4.14. The molecular formula is C14H19N5O. The van der Waals surface area contributed by atoms with Crippen molar-refractivity contribution in [2.45, 2.75) is 26.7 Å². The van der Waals surface area contributed by atoms with Gasteiger partial charge in [0, 0.05) is 19.8 Å². The molecule has 2 aromatic rings. The molecule has 0 fully saturated rings. The minimum atomic E-state index is -0.158. The molecule has 0 bridgehead atoms. The SMILES string of the molecule is CCc1cc(CC)n(-c2ccc(C(=O)N(C)C)nn2)n1. The Bertz CT molecular complexity index is 601. The van der Waals surface area contributed by atoms with Crippen LogP contribution in [0.5, 0.6) is 0 Å². The van der Waals surface area contributed by atoms with Crippen molar-refractivity contribution in [3.63, 3.8) is 0 Å². The number of aryl methyl sites for hydroxylation is 2. The Kier molecular flexibility index (Phi) is 4.12. The van der Waals surface area contributed by atoms with Gasteiger partial charge in [-0.05, 0) is 31.0 Å². The molecule has 0 atom stereocenters. The zero-order chi connectivity index (χ0) is 14.7. The van der Waals surface area contributed by atoms with E-state index in [1.54, 1.807) is 30.9 Å². The molecule has 0 N–H and O–H groups in total. The van der Waals surface area contributed by atoms with Crippen molar-refractivity contribution in [3.05, 3.63) is 35.3 Å². The first-order valence-electron chi connectivity index (χ1n) is 6.70. The van der Waals surface area contributed by atoms with Gasteiger partial charge in [0.2, 0.25) is 0 Å². The van der Waals surface area contributed by atoms with E-state index < -0.39 is 0 Å². The zero-order valence-corrected chi connectivity index (χ0v) is 12.3. The summed E-state index contributed by atoms with van der Waals surface area (Å²) in [4.78, 5) is 13.2. The number of aromatic nitrogens is 4. The Hall–Kier alpha value is -2.24. The molecule has 0 radical (unpaired) electrons. The number of amides is 1. The Labute approximate surface area is 118 Å². The van der Waals surface area contributed by atoms with Crippen molar-refractivity contribution in [1.29, 1.82) is 0 Å². The van der Waals surface area contributed by atoms with E-state index in [-0.39, 0.29) is 5.91 Å². The highest BCUT2D eigenvalue weighted by Crippen LogP contribution is 2.12. The third-order valence-electron chi connectivity index (χ3n) is 3.05. The topological polar surface area (TPSA) is 63.9 Å². The van der Waals surface area contributed by atoms with Crippen molar-refractivity contribution in [3.8, 4) is 5.82 Å². The molecule has 0 saturated carbocycles. The summed E-state index contributed by atoms with van der Waals surface area (Å²) in [5.74, 6) is 0.478. The molecule has 20 heavy (non-hydrogen) atoms. The van der Waals surface area contributed by atoms with Gasteiger partial charge in [0.15, 0.2) is 11.5 Å². The number of hydrogen-bond donors (Lipinski definition) is 0. The summed E-state index contributed by atoms with van der Waals surface area (Å²) in [5, 5.41) is 12.6. The predicted molar refractivity (Wildman–Crippen MR) is 75.9 cm³/mol. The van der Waals surface area contributed by atoms with Gasteiger partial charge in [0.25, 0.3) is 5.91 Å². The molecule has 0 spiro atoms. The van der Waals surface area contributed by atoms with Crippen LogP contribution in [0.1, 0.15) is 35.7 Å². The zero-order valence-electron chi connectivity index (χ0n) is 12.3. The molecule has 0 aliphatic heterocycles. The second-order valence-electron chi connectivity index (χ2n) is 4.72. The molecule has 0 unspecified atom stereocenters. The van der Waals surface area contributed by atoms with Gasteiger partial charge in [-0.2, -0.15) is 5.10 Å². The van der Waals surface area contributed by atoms with Gasteiger partial charge in [-0.15, -0.1) is 10.2 Å². The number of hydrogen-bond acceptors (Lipinski definition) is 4. The fourth-order valence-electron chi connectivity index (χ4n) is 1.88. The van der Waals surface area contributed by atoms with Gasteiger partial charge >= 0.3 is 0 Å². The third kappa shape index (κ3) is 2.68. The van der Waals surface area contributed by atoms with Crippen molar-refractivity contribution in [1.82, 2.24) is 24.9 Å². The van der Waals surface area contributed by atoms with Crippen LogP contribution in [0.25, 0.3) is 5.82 Å². The lowest BCUT2D eigenvalue weighted by Gasteiger charge is -2.09.